The number of hydrogen-bond donors (Lipinski definition) is 2. The zero-order valence-corrected chi connectivity index (χ0v) is 17.8. The van der Waals surface area contributed by atoms with Gasteiger partial charge in [-0.2, -0.15) is 4.31 Å². The summed E-state index contributed by atoms with van der Waals surface area (Å²) in [4.78, 5) is 24.3. The van der Waals surface area contributed by atoms with Crippen molar-refractivity contribution in [1.82, 2.24) is 9.62 Å². The monoisotopic (exact) mass is 429 g/mol. The highest BCUT2D eigenvalue weighted by molar-refractivity contribution is 7.89. The van der Waals surface area contributed by atoms with Crippen molar-refractivity contribution >= 4 is 27.5 Å². The molecule has 1 heterocycles. The highest BCUT2D eigenvalue weighted by atomic mass is 32.2. The first-order chi connectivity index (χ1) is 14.4. The molecule has 0 bridgehead atoms. The topological polar surface area (TPSA) is 95.6 Å². The number of rotatable bonds is 7. The summed E-state index contributed by atoms with van der Waals surface area (Å²) in [5.74, 6) is -0.492. The summed E-state index contributed by atoms with van der Waals surface area (Å²) in [5, 5.41) is 5.57. The molecule has 1 aliphatic heterocycles. The van der Waals surface area contributed by atoms with Crippen LogP contribution in [0.4, 0.5) is 5.69 Å². The minimum atomic E-state index is -3.50. The number of carbonyl (C=O) groups is 2. The molecule has 3 rings (SSSR count). The molecule has 2 aromatic rings. The summed E-state index contributed by atoms with van der Waals surface area (Å²) < 4.78 is 27.0. The Labute approximate surface area is 177 Å². The van der Waals surface area contributed by atoms with Gasteiger partial charge in [0.05, 0.1) is 17.4 Å². The first-order valence-electron chi connectivity index (χ1n) is 10.1. The van der Waals surface area contributed by atoms with E-state index in [-0.39, 0.29) is 23.1 Å². The van der Waals surface area contributed by atoms with E-state index in [1.807, 2.05) is 30.3 Å². The smallest absolute Gasteiger partial charge is 0.243 e. The Kier molecular flexibility index (Phi) is 7.23. The summed E-state index contributed by atoms with van der Waals surface area (Å²) in [6, 6.07) is 15.0. The first-order valence-corrected chi connectivity index (χ1v) is 11.5. The summed E-state index contributed by atoms with van der Waals surface area (Å²) in [5.41, 5.74) is 1.35. The molecule has 7 nitrogen and oxygen atoms in total. The largest absolute Gasteiger partial charge is 0.349 e. The van der Waals surface area contributed by atoms with Gasteiger partial charge < -0.3 is 10.6 Å². The predicted octanol–water partition coefficient (Wildman–Crippen LogP) is 3.07. The van der Waals surface area contributed by atoms with Crippen LogP contribution in [0, 0.1) is 0 Å². The van der Waals surface area contributed by atoms with Crippen molar-refractivity contribution < 1.29 is 18.0 Å². The van der Waals surface area contributed by atoms with Gasteiger partial charge in [-0.25, -0.2) is 8.42 Å². The van der Waals surface area contributed by atoms with Crippen LogP contribution in [0.15, 0.2) is 59.5 Å². The molecule has 2 aromatic carbocycles. The molecular formula is C22H27N3O4S. The molecule has 30 heavy (non-hydrogen) atoms. The molecule has 2 amide bonds. The average Bonchev–Trinajstić information content (AvgIpc) is 2.74. The van der Waals surface area contributed by atoms with Crippen LogP contribution in [0.1, 0.15) is 44.2 Å². The van der Waals surface area contributed by atoms with E-state index in [9.17, 15) is 18.0 Å². The van der Waals surface area contributed by atoms with Crippen LogP contribution in [-0.4, -0.2) is 37.6 Å². The minimum absolute atomic E-state index is 0.0669. The molecule has 8 heteroatoms. The highest BCUT2D eigenvalue weighted by Crippen LogP contribution is 2.23. The summed E-state index contributed by atoms with van der Waals surface area (Å²) >= 11 is 0. The molecule has 1 saturated heterocycles. The van der Waals surface area contributed by atoms with E-state index < -0.39 is 16.1 Å². The van der Waals surface area contributed by atoms with Crippen molar-refractivity contribution in [3.63, 3.8) is 0 Å². The Morgan fingerprint density at radius 3 is 2.20 bits per heavy atom. The van der Waals surface area contributed by atoms with E-state index in [0.717, 1.165) is 24.8 Å². The Hall–Kier alpha value is -2.71. The maximum atomic E-state index is 12.7. The highest BCUT2D eigenvalue weighted by Gasteiger charge is 2.25. The number of piperidine rings is 1. The van der Waals surface area contributed by atoms with Crippen molar-refractivity contribution in [3.05, 3.63) is 60.2 Å². The van der Waals surface area contributed by atoms with E-state index >= 15 is 0 Å². The number of sulfonamides is 1. The van der Waals surface area contributed by atoms with Crippen LogP contribution in [0.5, 0.6) is 0 Å². The molecule has 1 fully saturated rings. The molecular weight excluding hydrogens is 402 g/mol. The molecule has 0 unspecified atom stereocenters. The van der Waals surface area contributed by atoms with Gasteiger partial charge in [0.25, 0.3) is 0 Å². The van der Waals surface area contributed by atoms with Crippen molar-refractivity contribution in [2.75, 3.05) is 18.4 Å². The van der Waals surface area contributed by atoms with Crippen LogP contribution in [0.25, 0.3) is 0 Å². The summed E-state index contributed by atoms with van der Waals surface area (Å²) in [7, 11) is -3.50. The van der Waals surface area contributed by atoms with Gasteiger partial charge >= 0.3 is 0 Å². The second kappa shape index (κ2) is 9.86. The third-order valence-corrected chi connectivity index (χ3v) is 6.97. The third-order valence-electron chi connectivity index (χ3n) is 5.06. The summed E-state index contributed by atoms with van der Waals surface area (Å²) in [6.07, 6.45) is 2.88. The molecule has 1 aliphatic rings. The predicted molar refractivity (Wildman–Crippen MR) is 115 cm³/mol. The fraction of sp³-hybridized carbons (Fsp3) is 0.364. The number of amides is 2. The third kappa shape index (κ3) is 5.67. The van der Waals surface area contributed by atoms with Crippen LogP contribution in [0.2, 0.25) is 0 Å². The Balaban J connectivity index is 1.65. The van der Waals surface area contributed by atoms with E-state index in [4.69, 9.17) is 0 Å². The zero-order chi connectivity index (χ0) is 21.6. The number of anilines is 1. The van der Waals surface area contributed by atoms with Crippen molar-refractivity contribution in [1.29, 1.82) is 0 Å². The quantitative estimate of drug-likeness (QED) is 0.707. The minimum Gasteiger partial charge on any atom is -0.349 e. The number of carbonyl (C=O) groups excluding carboxylic acids is 2. The molecule has 160 valence electrons. The zero-order valence-electron chi connectivity index (χ0n) is 17.0. The number of benzene rings is 2. The second-order valence-corrected chi connectivity index (χ2v) is 9.34. The standard InChI is InChI=1S/C22H27N3O4S/c1-17(26)23-21(18-8-4-2-5-9-18)16-22(27)24-19-10-12-20(13-11-19)30(28,29)25-14-6-3-7-15-25/h2,4-5,8-13,21H,3,6-7,14-16H2,1H3,(H,23,26)(H,24,27)/t21-/m1/s1. The van der Waals surface area contributed by atoms with Gasteiger partial charge in [-0.05, 0) is 42.7 Å². The molecule has 0 aliphatic carbocycles. The molecule has 2 N–H and O–H groups in total. The van der Waals surface area contributed by atoms with Gasteiger partial charge in [0.15, 0.2) is 0 Å². The van der Waals surface area contributed by atoms with E-state index in [1.54, 1.807) is 12.1 Å². The molecule has 0 spiro atoms. The normalized spacial score (nSPS) is 15.9. The lowest BCUT2D eigenvalue weighted by molar-refractivity contribution is -0.120. The maximum absolute atomic E-state index is 12.7. The fourth-order valence-corrected chi connectivity index (χ4v) is 5.06. The van der Waals surface area contributed by atoms with Gasteiger partial charge in [-0.1, -0.05) is 36.8 Å². The van der Waals surface area contributed by atoms with Crippen LogP contribution in [0.3, 0.4) is 0 Å². The lowest BCUT2D eigenvalue weighted by Gasteiger charge is -2.25. The molecule has 0 aromatic heterocycles. The van der Waals surface area contributed by atoms with Crippen molar-refractivity contribution in [2.24, 2.45) is 0 Å². The molecule has 0 radical (unpaired) electrons. The number of nitrogens with zero attached hydrogens (tertiary/aromatic N) is 1. The van der Waals surface area contributed by atoms with Crippen LogP contribution in [-0.2, 0) is 19.6 Å². The average molecular weight is 430 g/mol. The van der Waals surface area contributed by atoms with Crippen molar-refractivity contribution in [2.45, 2.75) is 43.5 Å². The van der Waals surface area contributed by atoms with Gasteiger partial charge in [0.2, 0.25) is 21.8 Å². The molecule has 1 atom stereocenters. The van der Waals surface area contributed by atoms with Gasteiger partial charge in [-0.3, -0.25) is 9.59 Å². The Bertz CT molecular complexity index is 969. The second-order valence-electron chi connectivity index (χ2n) is 7.41. The molecule has 0 saturated carbocycles. The van der Waals surface area contributed by atoms with E-state index in [0.29, 0.717) is 18.8 Å². The van der Waals surface area contributed by atoms with E-state index in [1.165, 1.54) is 23.4 Å². The maximum Gasteiger partial charge on any atom is 0.243 e. The van der Waals surface area contributed by atoms with Crippen molar-refractivity contribution in [3.8, 4) is 0 Å². The lowest BCUT2D eigenvalue weighted by Crippen LogP contribution is -2.35. The Morgan fingerprint density at radius 2 is 1.60 bits per heavy atom. The fourth-order valence-electron chi connectivity index (χ4n) is 3.54. The SMILES string of the molecule is CC(=O)N[C@H](CC(=O)Nc1ccc(S(=O)(=O)N2CCCCC2)cc1)c1ccccc1. The summed E-state index contributed by atoms with van der Waals surface area (Å²) in [6.45, 7) is 2.50. The van der Waals surface area contributed by atoms with E-state index in [2.05, 4.69) is 10.6 Å². The number of hydrogen-bond acceptors (Lipinski definition) is 4. The van der Waals surface area contributed by atoms with Crippen LogP contribution < -0.4 is 10.6 Å². The first kappa shape index (κ1) is 22.0. The van der Waals surface area contributed by atoms with Gasteiger partial charge in [0, 0.05) is 25.7 Å². The number of nitrogens with one attached hydrogen (secondary N) is 2. The van der Waals surface area contributed by atoms with Gasteiger partial charge in [-0.15, -0.1) is 0 Å². The Morgan fingerprint density at radius 1 is 0.967 bits per heavy atom. The lowest BCUT2D eigenvalue weighted by atomic mass is 10.0. The van der Waals surface area contributed by atoms with Crippen LogP contribution >= 0.6 is 0 Å². The van der Waals surface area contributed by atoms with Gasteiger partial charge in [0.1, 0.15) is 0 Å².